The fourth-order valence-corrected chi connectivity index (χ4v) is 2.85. The largest absolute Gasteiger partial charge is 0.347 e. The predicted octanol–water partition coefficient (Wildman–Crippen LogP) is 2.01. The van der Waals surface area contributed by atoms with Crippen LogP contribution in [0.25, 0.3) is 0 Å². The van der Waals surface area contributed by atoms with E-state index in [0.29, 0.717) is 5.69 Å². The monoisotopic (exact) mass is 314 g/mol. The van der Waals surface area contributed by atoms with Crippen LogP contribution in [0.2, 0.25) is 0 Å². The van der Waals surface area contributed by atoms with E-state index < -0.39 is 0 Å². The van der Waals surface area contributed by atoms with Crippen LogP contribution < -0.4 is 5.32 Å². The Morgan fingerprint density at radius 2 is 2.13 bits per heavy atom. The van der Waals surface area contributed by atoms with Gasteiger partial charge < -0.3 is 5.32 Å². The van der Waals surface area contributed by atoms with Crippen LogP contribution in [0.15, 0.2) is 42.9 Å². The third kappa shape index (κ3) is 4.32. The smallest absolute Gasteiger partial charge is 0.270 e. The lowest BCUT2D eigenvalue weighted by atomic mass is 10.0. The molecule has 0 saturated carbocycles. The van der Waals surface area contributed by atoms with Crippen LogP contribution in [-0.2, 0) is 6.54 Å². The van der Waals surface area contributed by atoms with Crippen molar-refractivity contribution in [2.24, 2.45) is 0 Å². The third-order valence-electron chi connectivity index (χ3n) is 3.97. The predicted molar refractivity (Wildman–Crippen MR) is 84.2 cm³/mol. The van der Waals surface area contributed by atoms with Gasteiger partial charge in [0, 0.05) is 25.3 Å². The summed E-state index contributed by atoms with van der Waals surface area (Å²) in [5.74, 6) is -0.386. The SMILES string of the molecule is O=C(NC1CCCN(Cc2ccc(F)cc2)C1)c1ccncn1. The molecule has 1 aromatic carbocycles. The molecule has 1 amide bonds. The van der Waals surface area contributed by atoms with Crippen molar-refractivity contribution in [3.8, 4) is 0 Å². The molecule has 1 aliphatic rings. The van der Waals surface area contributed by atoms with Crippen molar-refractivity contribution in [1.82, 2.24) is 20.2 Å². The maximum absolute atomic E-state index is 13.0. The zero-order chi connectivity index (χ0) is 16.1. The lowest BCUT2D eigenvalue weighted by molar-refractivity contribution is 0.0895. The quantitative estimate of drug-likeness (QED) is 0.938. The normalized spacial score (nSPS) is 18.6. The maximum atomic E-state index is 13.0. The average molecular weight is 314 g/mol. The molecule has 0 radical (unpaired) electrons. The highest BCUT2D eigenvalue weighted by molar-refractivity contribution is 5.92. The Hall–Kier alpha value is -2.34. The molecule has 23 heavy (non-hydrogen) atoms. The standard InChI is InChI=1S/C17H19FN4O/c18-14-5-3-13(4-6-14)10-22-9-1-2-15(11-22)21-17(23)16-7-8-19-12-20-16/h3-8,12,15H,1-2,9-11H2,(H,21,23). The fraction of sp³-hybridized carbons (Fsp3) is 0.353. The van der Waals surface area contributed by atoms with Crippen molar-refractivity contribution in [2.75, 3.05) is 13.1 Å². The highest BCUT2D eigenvalue weighted by Gasteiger charge is 2.22. The molecule has 6 heteroatoms. The molecule has 1 unspecified atom stereocenters. The molecule has 3 rings (SSSR count). The molecule has 2 aromatic rings. The maximum Gasteiger partial charge on any atom is 0.270 e. The van der Waals surface area contributed by atoms with E-state index in [2.05, 4.69) is 20.2 Å². The Bertz CT molecular complexity index is 647. The van der Waals surface area contributed by atoms with Crippen LogP contribution >= 0.6 is 0 Å². The van der Waals surface area contributed by atoms with Gasteiger partial charge in [-0.1, -0.05) is 12.1 Å². The second-order valence-corrected chi connectivity index (χ2v) is 5.77. The van der Waals surface area contributed by atoms with Crippen molar-refractivity contribution in [1.29, 1.82) is 0 Å². The number of hydrogen-bond acceptors (Lipinski definition) is 4. The Kier molecular flexibility index (Phi) is 4.92. The van der Waals surface area contributed by atoms with Crippen molar-refractivity contribution in [3.63, 3.8) is 0 Å². The highest BCUT2D eigenvalue weighted by atomic mass is 19.1. The number of rotatable bonds is 4. The number of likely N-dealkylation sites (tertiary alicyclic amines) is 1. The van der Waals surface area contributed by atoms with Crippen LogP contribution in [0.1, 0.15) is 28.9 Å². The van der Waals surface area contributed by atoms with Crippen molar-refractivity contribution < 1.29 is 9.18 Å². The minimum absolute atomic E-state index is 0.103. The number of carbonyl (C=O) groups is 1. The lowest BCUT2D eigenvalue weighted by Crippen LogP contribution is -2.47. The summed E-state index contributed by atoms with van der Waals surface area (Å²) in [5, 5.41) is 3.03. The van der Waals surface area contributed by atoms with Gasteiger partial charge in [-0.05, 0) is 43.1 Å². The molecule has 1 fully saturated rings. The van der Waals surface area contributed by atoms with Crippen LogP contribution in [0.3, 0.4) is 0 Å². The Balaban J connectivity index is 1.55. The van der Waals surface area contributed by atoms with E-state index in [1.54, 1.807) is 24.4 Å². The van der Waals surface area contributed by atoms with E-state index in [1.807, 2.05) is 0 Å². The number of amides is 1. The summed E-state index contributed by atoms with van der Waals surface area (Å²) in [6.45, 7) is 2.53. The van der Waals surface area contributed by atoms with Gasteiger partial charge in [0.25, 0.3) is 5.91 Å². The molecular formula is C17H19FN4O. The molecule has 1 aromatic heterocycles. The first-order chi connectivity index (χ1) is 11.2. The van der Waals surface area contributed by atoms with Gasteiger partial charge in [-0.25, -0.2) is 14.4 Å². The lowest BCUT2D eigenvalue weighted by Gasteiger charge is -2.33. The van der Waals surface area contributed by atoms with Crippen LogP contribution in [0, 0.1) is 5.82 Å². The van der Waals surface area contributed by atoms with E-state index in [0.717, 1.165) is 38.0 Å². The molecule has 1 atom stereocenters. The third-order valence-corrected chi connectivity index (χ3v) is 3.97. The zero-order valence-corrected chi connectivity index (χ0v) is 12.8. The van der Waals surface area contributed by atoms with Crippen molar-refractivity contribution >= 4 is 5.91 Å². The van der Waals surface area contributed by atoms with E-state index in [1.165, 1.54) is 18.5 Å². The molecule has 0 aliphatic carbocycles. The van der Waals surface area contributed by atoms with E-state index in [9.17, 15) is 9.18 Å². The molecule has 1 aliphatic heterocycles. The molecular weight excluding hydrogens is 295 g/mol. The van der Waals surface area contributed by atoms with Crippen LogP contribution in [-0.4, -0.2) is 39.9 Å². The van der Waals surface area contributed by atoms with E-state index in [-0.39, 0.29) is 17.8 Å². The number of hydrogen-bond donors (Lipinski definition) is 1. The van der Waals surface area contributed by atoms with Gasteiger partial charge in [0.2, 0.25) is 0 Å². The van der Waals surface area contributed by atoms with Gasteiger partial charge >= 0.3 is 0 Å². The molecule has 0 bridgehead atoms. The number of carbonyl (C=O) groups excluding carboxylic acids is 1. The number of nitrogens with one attached hydrogen (secondary N) is 1. The summed E-state index contributed by atoms with van der Waals surface area (Å²) in [6, 6.07) is 8.28. The second kappa shape index (κ2) is 7.28. The van der Waals surface area contributed by atoms with Crippen molar-refractivity contribution in [3.05, 3.63) is 59.9 Å². The van der Waals surface area contributed by atoms with Crippen molar-refractivity contribution in [2.45, 2.75) is 25.4 Å². The van der Waals surface area contributed by atoms with Gasteiger partial charge in [-0.15, -0.1) is 0 Å². The molecule has 120 valence electrons. The Morgan fingerprint density at radius 1 is 1.30 bits per heavy atom. The average Bonchev–Trinajstić information content (AvgIpc) is 2.58. The number of piperidine rings is 1. The fourth-order valence-electron chi connectivity index (χ4n) is 2.85. The first kappa shape index (κ1) is 15.6. The number of aromatic nitrogens is 2. The zero-order valence-electron chi connectivity index (χ0n) is 12.8. The second-order valence-electron chi connectivity index (χ2n) is 5.77. The van der Waals surface area contributed by atoms with Gasteiger partial charge in [-0.2, -0.15) is 0 Å². The first-order valence-electron chi connectivity index (χ1n) is 7.74. The Labute approximate surface area is 134 Å². The molecule has 1 saturated heterocycles. The topological polar surface area (TPSA) is 58.1 Å². The summed E-state index contributed by atoms with van der Waals surface area (Å²) < 4.78 is 13.0. The van der Waals surface area contributed by atoms with Crippen LogP contribution in [0.4, 0.5) is 4.39 Å². The minimum atomic E-state index is -0.220. The van der Waals surface area contributed by atoms with Crippen LogP contribution in [0.5, 0.6) is 0 Å². The first-order valence-corrected chi connectivity index (χ1v) is 7.74. The summed E-state index contributed by atoms with van der Waals surface area (Å²) in [6.07, 6.45) is 4.91. The highest BCUT2D eigenvalue weighted by Crippen LogP contribution is 2.14. The molecule has 0 spiro atoms. The minimum Gasteiger partial charge on any atom is -0.347 e. The number of nitrogens with zero attached hydrogens (tertiary/aromatic N) is 3. The van der Waals surface area contributed by atoms with E-state index >= 15 is 0 Å². The van der Waals surface area contributed by atoms with E-state index in [4.69, 9.17) is 0 Å². The molecule has 1 N–H and O–H groups in total. The van der Waals surface area contributed by atoms with Gasteiger partial charge in [0.05, 0.1) is 0 Å². The summed E-state index contributed by atoms with van der Waals surface area (Å²) >= 11 is 0. The molecule has 5 nitrogen and oxygen atoms in total. The summed E-state index contributed by atoms with van der Waals surface area (Å²) in [4.78, 5) is 22.2. The van der Waals surface area contributed by atoms with Gasteiger partial charge in [-0.3, -0.25) is 9.69 Å². The summed E-state index contributed by atoms with van der Waals surface area (Å²) in [7, 11) is 0. The summed E-state index contributed by atoms with van der Waals surface area (Å²) in [5.41, 5.74) is 1.46. The van der Waals surface area contributed by atoms with Gasteiger partial charge in [0.15, 0.2) is 0 Å². The number of benzene rings is 1. The molecule has 2 heterocycles. The van der Waals surface area contributed by atoms with Gasteiger partial charge in [0.1, 0.15) is 17.8 Å². The number of halogens is 1. The Morgan fingerprint density at radius 3 is 2.87 bits per heavy atom.